The minimum atomic E-state index is -0.572. The Morgan fingerprint density at radius 1 is 1.30 bits per heavy atom. The van der Waals surface area contributed by atoms with E-state index < -0.39 is 5.92 Å². The molecule has 8 nitrogen and oxygen atoms in total. The zero-order valence-electron chi connectivity index (χ0n) is 15.6. The summed E-state index contributed by atoms with van der Waals surface area (Å²) in [4.78, 5) is 29.2. The Bertz CT molecular complexity index is 733. The van der Waals surface area contributed by atoms with Crippen LogP contribution in [0.3, 0.4) is 0 Å². The van der Waals surface area contributed by atoms with E-state index in [1.807, 2.05) is 19.1 Å². The largest absolute Gasteiger partial charge is 0.378 e. The third-order valence-electron chi connectivity index (χ3n) is 5.10. The van der Waals surface area contributed by atoms with Crippen molar-refractivity contribution in [2.75, 3.05) is 39.4 Å². The van der Waals surface area contributed by atoms with Crippen molar-refractivity contribution < 1.29 is 9.53 Å². The molecule has 2 fully saturated rings. The fourth-order valence-corrected chi connectivity index (χ4v) is 3.58. The van der Waals surface area contributed by atoms with Gasteiger partial charge in [-0.05, 0) is 37.9 Å². The van der Waals surface area contributed by atoms with Gasteiger partial charge in [0.2, 0.25) is 11.9 Å². The number of guanidine groups is 1. The van der Waals surface area contributed by atoms with E-state index in [2.05, 4.69) is 20.5 Å². The number of piperidine rings is 1. The first kappa shape index (κ1) is 18.1. The van der Waals surface area contributed by atoms with Crippen LogP contribution in [-0.4, -0.2) is 73.0 Å². The van der Waals surface area contributed by atoms with Crippen LogP contribution in [0.1, 0.15) is 30.0 Å². The van der Waals surface area contributed by atoms with Crippen LogP contribution in [0, 0.1) is 6.92 Å². The lowest BCUT2D eigenvalue weighted by molar-refractivity contribution is -0.120. The van der Waals surface area contributed by atoms with Crippen molar-refractivity contribution in [2.45, 2.75) is 31.7 Å². The van der Waals surface area contributed by atoms with Crippen LogP contribution in [-0.2, 0) is 9.53 Å². The van der Waals surface area contributed by atoms with Crippen LogP contribution >= 0.6 is 0 Å². The number of nitrogens with one attached hydrogen (secondary N) is 2. The Morgan fingerprint density at radius 3 is 2.85 bits per heavy atom. The van der Waals surface area contributed by atoms with E-state index in [4.69, 9.17) is 14.7 Å². The van der Waals surface area contributed by atoms with E-state index >= 15 is 0 Å². The van der Waals surface area contributed by atoms with E-state index in [0.717, 1.165) is 31.5 Å². The molecule has 1 aromatic rings. The molecule has 8 heteroatoms. The summed E-state index contributed by atoms with van der Waals surface area (Å²) in [7, 11) is 0. The molecule has 4 rings (SSSR count). The van der Waals surface area contributed by atoms with Gasteiger partial charge in [-0.3, -0.25) is 20.1 Å². The number of carbonyl (C=O) groups excluding carboxylic acids is 1. The molecule has 144 valence electrons. The molecule has 0 saturated carbocycles. The minimum Gasteiger partial charge on any atom is -0.378 e. The van der Waals surface area contributed by atoms with E-state index in [0.29, 0.717) is 43.8 Å². The topological polar surface area (TPSA) is 91.2 Å². The normalized spacial score (nSPS) is 28.0. The second-order valence-corrected chi connectivity index (χ2v) is 7.20. The Balaban J connectivity index is 1.68. The van der Waals surface area contributed by atoms with E-state index in [1.165, 1.54) is 0 Å². The summed E-state index contributed by atoms with van der Waals surface area (Å²) >= 11 is 0. The van der Waals surface area contributed by atoms with Gasteiger partial charge >= 0.3 is 0 Å². The Labute approximate surface area is 159 Å². The fourth-order valence-electron chi connectivity index (χ4n) is 3.58. The second kappa shape index (κ2) is 8.14. The van der Waals surface area contributed by atoms with Crippen molar-refractivity contribution in [2.24, 2.45) is 9.98 Å². The van der Waals surface area contributed by atoms with Gasteiger partial charge in [0.15, 0.2) is 0 Å². The summed E-state index contributed by atoms with van der Waals surface area (Å²) in [5.74, 6) is 0.446. The average molecular weight is 370 g/mol. The molecule has 2 saturated heterocycles. The van der Waals surface area contributed by atoms with Gasteiger partial charge in [0.25, 0.3) is 0 Å². The van der Waals surface area contributed by atoms with Crippen molar-refractivity contribution in [1.82, 2.24) is 20.5 Å². The smallest absolute Gasteiger partial charge is 0.243 e. The first-order chi connectivity index (χ1) is 13.2. The molecule has 1 amide bonds. The van der Waals surface area contributed by atoms with Gasteiger partial charge in [-0.15, -0.1) is 0 Å². The Kier molecular flexibility index (Phi) is 5.45. The van der Waals surface area contributed by atoms with Gasteiger partial charge < -0.3 is 15.0 Å². The molecule has 1 aromatic heterocycles. The zero-order chi connectivity index (χ0) is 18.6. The molecule has 4 heterocycles. The highest BCUT2D eigenvalue weighted by Crippen LogP contribution is 2.22. The lowest BCUT2D eigenvalue weighted by atomic mass is 9.99. The molecule has 0 aliphatic carbocycles. The van der Waals surface area contributed by atoms with Gasteiger partial charge in [0, 0.05) is 25.8 Å². The van der Waals surface area contributed by atoms with Crippen molar-refractivity contribution in [3.63, 3.8) is 0 Å². The number of nitrogens with zero attached hydrogens (tertiary/aromatic N) is 4. The van der Waals surface area contributed by atoms with Crippen LogP contribution in [0.25, 0.3) is 0 Å². The van der Waals surface area contributed by atoms with E-state index in [9.17, 15) is 4.79 Å². The van der Waals surface area contributed by atoms with Crippen molar-refractivity contribution in [1.29, 1.82) is 0 Å². The van der Waals surface area contributed by atoms with Crippen molar-refractivity contribution in [3.05, 3.63) is 29.6 Å². The number of amides is 1. The maximum Gasteiger partial charge on any atom is 0.243 e. The van der Waals surface area contributed by atoms with Crippen LogP contribution in [0.5, 0.6) is 0 Å². The summed E-state index contributed by atoms with van der Waals surface area (Å²) < 4.78 is 5.41. The molecule has 3 aliphatic heterocycles. The number of aliphatic imine (C=N–C) groups is 2. The maximum absolute atomic E-state index is 13.0. The SMILES string of the molecule is Cc1ccc(C2C(=O)NC(N3CCOCC3)=NC2=N[C@@H]2CCCNC2)nc1. The summed E-state index contributed by atoms with van der Waals surface area (Å²) in [6.07, 6.45) is 3.87. The molecule has 27 heavy (non-hydrogen) atoms. The quantitative estimate of drug-likeness (QED) is 0.788. The molecule has 0 bridgehead atoms. The molecule has 2 N–H and O–H groups in total. The Morgan fingerprint density at radius 2 is 2.15 bits per heavy atom. The number of ether oxygens (including phenoxy) is 1. The van der Waals surface area contributed by atoms with Gasteiger partial charge in [0.1, 0.15) is 11.8 Å². The third kappa shape index (κ3) is 4.17. The standard InChI is InChI=1S/C19H26N6O2/c1-13-4-5-15(21-11-13)16-17(22-14-3-2-6-20-12-14)23-19(24-18(16)26)25-7-9-27-10-8-25/h4-5,11,14,16,20H,2-3,6-10,12H2,1H3,(H,22,23,24,26)/t14-,16?/m1/s1. The molecule has 3 aliphatic rings. The highest BCUT2D eigenvalue weighted by molar-refractivity contribution is 6.20. The number of morpholine rings is 1. The molecule has 0 aromatic carbocycles. The predicted molar refractivity (Wildman–Crippen MR) is 103 cm³/mol. The van der Waals surface area contributed by atoms with Crippen LogP contribution < -0.4 is 10.6 Å². The Hall–Kier alpha value is -2.32. The molecule has 1 unspecified atom stereocenters. The summed E-state index contributed by atoms with van der Waals surface area (Å²) in [5, 5.41) is 6.34. The van der Waals surface area contributed by atoms with Crippen molar-refractivity contribution >= 4 is 17.7 Å². The van der Waals surface area contributed by atoms with Crippen molar-refractivity contribution in [3.8, 4) is 0 Å². The molecule has 2 atom stereocenters. The van der Waals surface area contributed by atoms with Crippen LogP contribution in [0.2, 0.25) is 0 Å². The number of carbonyl (C=O) groups is 1. The summed E-state index contributed by atoms with van der Waals surface area (Å²) in [6.45, 7) is 6.52. The van der Waals surface area contributed by atoms with Gasteiger partial charge in [-0.25, -0.2) is 0 Å². The number of pyridine rings is 1. The predicted octanol–water partition coefficient (Wildman–Crippen LogP) is 0.442. The number of aromatic nitrogens is 1. The van der Waals surface area contributed by atoms with Gasteiger partial charge in [-0.1, -0.05) is 6.07 Å². The summed E-state index contributed by atoms with van der Waals surface area (Å²) in [6, 6.07) is 4.00. The lowest BCUT2D eigenvalue weighted by Crippen LogP contribution is -2.54. The van der Waals surface area contributed by atoms with Gasteiger partial charge in [0.05, 0.1) is 24.9 Å². The highest BCUT2D eigenvalue weighted by Gasteiger charge is 2.35. The molecule has 0 radical (unpaired) electrons. The minimum absolute atomic E-state index is 0.120. The monoisotopic (exact) mass is 370 g/mol. The maximum atomic E-state index is 13.0. The zero-order valence-corrected chi connectivity index (χ0v) is 15.6. The average Bonchev–Trinajstić information content (AvgIpc) is 2.70. The third-order valence-corrected chi connectivity index (χ3v) is 5.10. The summed E-state index contributed by atoms with van der Waals surface area (Å²) in [5.41, 5.74) is 1.74. The number of rotatable bonds is 2. The van der Waals surface area contributed by atoms with E-state index in [1.54, 1.807) is 6.20 Å². The van der Waals surface area contributed by atoms with Crippen LogP contribution in [0.15, 0.2) is 28.3 Å². The molecular weight excluding hydrogens is 344 g/mol. The second-order valence-electron chi connectivity index (χ2n) is 7.20. The number of aryl methyl sites for hydroxylation is 1. The first-order valence-electron chi connectivity index (χ1n) is 9.64. The number of hydrogen-bond acceptors (Lipinski definition) is 6. The first-order valence-corrected chi connectivity index (χ1v) is 9.64. The highest BCUT2D eigenvalue weighted by atomic mass is 16.5. The van der Waals surface area contributed by atoms with Crippen LogP contribution in [0.4, 0.5) is 0 Å². The molecular formula is C19H26N6O2. The lowest BCUT2D eigenvalue weighted by Gasteiger charge is -2.33. The number of hydrogen-bond donors (Lipinski definition) is 2. The fraction of sp³-hybridized carbons (Fsp3) is 0.579. The van der Waals surface area contributed by atoms with Gasteiger partial charge in [-0.2, -0.15) is 4.99 Å². The van der Waals surface area contributed by atoms with E-state index in [-0.39, 0.29) is 11.9 Å². The number of amidine groups is 1. The molecule has 0 spiro atoms.